The number of hydrogen-bond donors (Lipinski definition) is 3. The number of nitrogens with one attached hydrogen (secondary N) is 3. The molecule has 1 atom stereocenters. The van der Waals surface area contributed by atoms with Crippen LogP contribution < -0.4 is 16.0 Å². The summed E-state index contributed by atoms with van der Waals surface area (Å²) >= 11 is 0. The molecular formula is C20H23N5O3. The third-order valence-corrected chi connectivity index (χ3v) is 4.35. The lowest BCUT2D eigenvalue weighted by atomic mass is 10.2. The zero-order valence-corrected chi connectivity index (χ0v) is 15.6. The molecule has 0 aliphatic carbocycles. The molecule has 28 heavy (non-hydrogen) atoms. The van der Waals surface area contributed by atoms with Gasteiger partial charge < -0.3 is 20.9 Å². The standard InChI is InChI=1S/C20H23N5O3/c1-14(13-25-10-4-8-18(25)26)22-20(28)24-17-7-2-6-16(11-17)23-19(27)15-5-3-9-21-12-15/h2-3,5-7,9,11-12,14H,4,8,10,13H2,1H3,(H,23,27)(H2,22,24,28). The van der Waals surface area contributed by atoms with Crippen molar-refractivity contribution in [1.82, 2.24) is 15.2 Å². The number of benzene rings is 1. The summed E-state index contributed by atoms with van der Waals surface area (Å²) in [7, 11) is 0. The Labute approximate surface area is 163 Å². The van der Waals surface area contributed by atoms with Crippen LogP contribution in [0.3, 0.4) is 0 Å². The maximum absolute atomic E-state index is 12.2. The zero-order valence-electron chi connectivity index (χ0n) is 15.6. The fourth-order valence-corrected chi connectivity index (χ4v) is 3.04. The Balaban J connectivity index is 1.52. The molecule has 146 valence electrons. The van der Waals surface area contributed by atoms with Gasteiger partial charge in [0.05, 0.1) is 5.56 Å². The Morgan fingerprint density at radius 1 is 1.18 bits per heavy atom. The van der Waals surface area contributed by atoms with Gasteiger partial charge in [-0.25, -0.2) is 4.79 Å². The average Bonchev–Trinajstić information content (AvgIpc) is 3.07. The number of urea groups is 1. The Morgan fingerprint density at radius 3 is 2.64 bits per heavy atom. The lowest BCUT2D eigenvalue weighted by Gasteiger charge is -2.21. The van der Waals surface area contributed by atoms with Crippen molar-refractivity contribution >= 4 is 29.2 Å². The van der Waals surface area contributed by atoms with Crippen molar-refractivity contribution in [2.75, 3.05) is 23.7 Å². The highest BCUT2D eigenvalue weighted by atomic mass is 16.2. The van der Waals surface area contributed by atoms with Gasteiger partial charge in [0.25, 0.3) is 5.91 Å². The summed E-state index contributed by atoms with van der Waals surface area (Å²) < 4.78 is 0. The highest BCUT2D eigenvalue weighted by Gasteiger charge is 2.22. The number of pyridine rings is 1. The first-order chi connectivity index (χ1) is 13.5. The molecule has 2 heterocycles. The Hall–Kier alpha value is -3.42. The van der Waals surface area contributed by atoms with Crippen LogP contribution >= 0.6 is 0 Å². The van der Waals surface area contributed by atoms with Gasteiger partial charge in [-0.2, -0.15) is 0 Å². The molecule has 0 saturated carbocycles. The number of aromatic nitrogens is 1. The molecule has 0 radical (unpaired) electrons. The fourth-order valence-electron chi connectivity index (χ4n) is 3.04. The first-order valence-corrected chi connectivity index (χ1v) is 9.18. The SMILES string of the molecule is CC(CN1CCCC1=O)NC(=O)Nc1cccc(NC(=O)c2cccnc2)c1. The molecular weight excluding hydrogens is 358 g/mol. The number of anilines is 2. The minimum Gasteiger partial charge on any atom is -0.341 e. The fraction of sp³-hybridized carbons (Fsp3) is 0.300. The van der Waals surface area contributed by atoms with E-state index >= 15 is 0 Å². The predicted molar refractivity (Wildman–Crippen MR) is 106 cm³/mol. The molecule has 8 heteroatoms. The van der Waals surface area contributed by atoms with Gasteiger partial charge in [0.15, 0.2) is 0 Å². The van der Waals surface area contributed by atoms with E-state index in [4.69, 9.17) is 0 Å². The van der Waals surface area contributed by atoms with Gasteiger partial charge in [0, 0.05) is 49.3 Å². The van der Waals surface area contributed by atoms with Crippen molar-refractivity contribution in [3.63, 3.8) is 0 Å². The zero-order chi connectivity index (χ0) is 19.9. The van der Waals surface area contributed by atoms with Gasteiger partial charge in [-0.15, -0.1) is 0 Å². The van der Waals surface area contributed by atoms with E-state index in [1.807, 2.05) is 6.92 Å². The third-order valence-electron chi connectivity index (χ3n) is 4.35. The minimum absolute atomic E-state index is 0.131. The van der Waals surface area contributed by atoms with Crippen molar-refractivity contribution in [2.24, 2.45) is 0 Å². The molecule has 1 aliphatic heterocycles. The molecule has 2 aromatic rings. The first-order valence-electron chi connectivity index (χ1n) is 9.18. The number of amides is 4. The second-order valence-electron chi connectivity index (χ2n) is 6.72. The van der Waals surface area contributed by atoms with Crippen LogP contribution in [0.25, 0.3) is 0 Å². The summed E-state index contributed by atoms with van der Waals surface area (Å²) in [4.78, 5) is 41.8. The van der Waals surface area contributed by atoms with Crippen LogP contribution in [-0.2, 0) is 4.79 Å². The Morgan fingerprint density at radius 2 is 1.96 bits per heavy atom. The highest BCUT2D eigenvalue weighted by molar-refractivity contribution is 6.04. The number of nitrogens with zero attached hydrogens (tertiary/aromatic N) is 2. The molecule has 1 aromatic carbocycles. The molecule has 0 bridgehead atoms. The van der Waals surface area contributed by atoms with Crippen molar-refractivity contribution in [2.45, 2.75) is 25.8 Å². The van der Waals surface area contributed by atoms with Crippen LogP contribution in [0.15, 0.2) is 48.8 Å². The van der Waals surface area contributed by atoms with Crippen LogP contribution in [0.2, 0.25) is 0 Å². The number of hydrogen-bond acceptors (Lipinski definition) is 4. The lowest BCUT2D eigenvalue weighted by Crippen LogP contribution is -2.44. The van der Waals surface area contributed by atoms with Crippen LogP contribution in [-0.4, -0.2) is 46.9 Å². The molecule has 1 saturated heterocycles. The van der Waals surface area contributed by atoms with E-state index < -0.39 is 0 Å². The second-order valence-corrected chi connectivity index (χ2v) is 6.72. The van der Waals surface area contributed by atoms with E-state index in [-0.39, 0.29) is 23.9 Å². The quantitative estimate of drug-likeness (QED) is 0.715. The summed E-state index contributed by atoms with van der Waals surface area (Å²) in [6.07, 6.45) is 4.53. The molecule has 8 nitrogen and oxygen atoms in total. The smallest absolute Gasteiger partial charge is 0.319 e. The van der Waals surface area contributed by atoms with E-state index in [0.29, 0.717) is 29.9 Å². The molecule has 1 aromatic heterocycles. The van der Waals surface area contributed by atoms with E-state index in [1.165, 1.54) is 6.20 Å². The molecule has 1 unspecified atom stereocenters. The second kappa shape index (κ2) is 8.98. The summed E-state index contributed by atoms with van der Waals surface area (Å²) in [5, 5.41) is 8.34. The van der Waals surface area contributed by atoms with Crippen LogP contribution in [0.1, 0.15) is 30.1 Å². The van der Waals surface area contributed by atoms with Gasteiger partial charge in [0.1, 0.15) is 0 Å². The molecule has 1 fully saturated rings. The summed E-state index contributed by atoms with van der Waals surface area (Å²) in [5.74, 6) is -0.148. The van der Waals surface area contributed by atoms with E-state index in [2.05, 4.69) is 20.9 Å². The first kappa shape index (κ1) is 19.3. The number of carbonyl (C=O) groups excluding carboxylic acids is 3. The van der Waals surface area contributed by atoms with E-state index in [0.717, 1.165) is 13.0 Å². The monoisotopic (exact) mass is 381 g/mol. The maximum Gasteiger partial charge on any atom is 0.319 e. The Bertz CT molecular complexity index is 856. The van der Waals surface area contributed by atoms with Crippen molar-refractivity contribution in [3.8, 4) is 0 Å². The highest BCUT2D eigenvalue weighted by Crippen LogP contribution is 2.16. The van der Waals surface area contributed by atoms with Crippen molar-refractivity contribution in [3.05, 3.63) is 54.4 Å². The normalized spacial score (nSPS) is 14.5. The van der Waals surface area contributed by atoms with Gasteiger partial charge in [-0.05, 0) is 43.7 Å². The van der Waals surface area contributed by atoms with Gasteiger partial charge in [-0.1, -0.05) is 6.07 Å². The Kier molecular flexibility index (Phi) is 6.21. The topological polar surface area (TPSA) is 103 Å². The molecule has 1 aliphatic rings. The molecule has 4 amide bonds. The van der Waals surface area contributed by atoms with Crippen LogP contribution in [0.5, 0.6) is 0 Å². The largest absolute Gasteiger partial charge is 0.341 e. The van der Waals surface area contributed by atoms with Crippen LogP contribution in [0.4, 0.5) is 16.2 Å². The summed E-state index contributed by atoms with van der Waals surface area (Å²) in [5.41, 5.74) is 1.55. The average molecular weight is 381 g/mol. The van der Waals surface area contributed by atoms with Gasteiger partial charge in [0.2, 0.25) is 5.91 Å². The molecule has 3 rings (SSSR count). The van der Waals surface area contributed by atoms with E-state index in [9.17, 15) is 14.4 Å². The number of likely N-dealkylation sites (tertiary alicyclic amines) is 1. The predicted octanol–water partition coefficient (Wildman–Crippen LogP) is 2.47. The lowest BCUT2D eigenvalue weighted by molar-refractivity contribution is -0.127. The summed E-state index contributed by atoms with van der Waals surface area (Å²) in [6.45, 7) is 3.09. The molecule has 0 spiro atoms. The maximum atomic E-state index is 12.2. The van der Waals surface area contributed by atoms with E-state index in [1.54, 1.807) is 47.5 Å². The molecule has 3 N–H and O–H groups in total. The van der Waals surface area contributed by atoms with Gasteiger partial charge in [-0.3, -0.25) is 14.6 Å². The van der Waals surface area contributed by atoms with Crippen molar-refractivity contribution < 1.29 is 14.4 Å². The van der Waals surface area contributed by atoms with Crippen LogP contribution in [0, 0.1) is 0 Å². The number of carbonyl (C=O) groups is 3. The minimum atomic E-state index is -0.366. The van der Waals surface area contributed by atoms with Gasteiger partial charge >= 0.3 is 6.03 Å². The summed E-state index contributed by atoms with van der Waals surface area (Å²) in [6, 6.07) is 9.69. The third kappa shape index (κ3) is 5.29. The van der Waals surface area contributed by atoms with Crippen molar-refractivity contribution in [1.29, 1.82) is 0 Å². The number of rotatable bonds is 6.